The van der Waals surface area contributed by atoms with Crippen molar-refractivity contribution in [2.45, 2.75) is 19.1 Å². The normalized spacial score (nSPS) is 24.4. The molecule has 6 nitrogen and oxygen atoms in total. The number of nitrogens with one attached hydrogen (secondary N) is 1. The summed E-state index contributed by atoms with van der Waals surface area (Å²) in [6.07, 6.45) is 0.504. The first-order valence-electron chi connectivity index (χ1n) is 8.04. The minimum Gasteiger partial charge on any atom is -0.461 e. The maximum absolute atomic E-state index is 12.4. The lowest BCUT2D eigenvalue weighted by atomic mass is 10.1. The summed E-state index contributed by atoms with van der Waals surface area (Å²) in [5.74, 6) is -0.431. The molecule has 0 unspecified atom stereocenters. The summed E-state index contributed by atoms with van der Waals surface area (Å²) in [7, 11) is 0. The molecule has 124 valence electrons. The van der Waals surface area contributed by atoms with Crippen LogP contribution < -0.4 is 5.32 Å². The maximum Gasteiger partial charge on any atom is 0.310 e. The van der Waals surface area contributed by atoms with E-state index in [2.05, 4.69) is 5.32 Å². The SMILES string of the molecule is O=C(OCc1ccccc1)[C@@H]1CN[C@H](C(=O)N2CCOCC2)C1. The predicted octanol–water partition coefficient (Wildman–Crippen LogP) is 0.567. The molecule has 0 aliphatic carbocycles. The van der Waals surface area contributed by atoms with Crippen LogP contribution in [0.2, 0.25) is 0 Å². The van der Waals surface area contributed by atoms with E-state index in [0.717, 1.165) is 5.56 Å². The molecule has 1 N–H and O–H groups in total. The molecule has 0 spiro atoms. The van der Waals surface area contributed by atoms with Crippen molar-refractivity contribution in [2.24, 2.45) is 5.92 Å². The Morgan fingerprint density at radius 2 is 1.96 bits per heavy atom. The quantitative estimate of drug-likeness (QED) is 0.822. The number of carbonyl (C=O) groups is 2. The van der Waals surface area contributed by atoms with Gasteiger partial charge in [-0.3, -0.25) is 9.59 Å². The van der Waals surface area contributed by atoms with Crippen molar-refractivity contribution < 1.29 is 19.1 Å². The van der Waals surface area contributed by atoms with Gasteiger partial charge in [0.15, 0.2) is 0 Å². The fraction of sp³-hybridized carbons (Fsp3) is 0.529. The monoisotopic (exact) mass is 318 g/mol. The number of morpholine rings is 1. The maximum atomic E-state index is 12.4. The second-order valence-corrected chi connectivity index (χ2v) is 5.92. The predicted molar refractivity (Wildman–Crippen MR) is 83.5 cm³/mol. The van der Waals surface area contributed by atoms with Crippen LogP contribution in [-0.2, 0) is 25.7 Å². The van der Waals surface area contributed by atoms with E-state index in [-0.39, 0.29) is 30.4 Å². The fourth-order valence-corrected chi connectivity index (χ4v) is 2.95. The summed E-state index contributed by atoms with van der Waals surface area (Å²) < 4.78 is 10.6. The fourth-order valence-electron chi connectivity index (χ4n) is 2.95. The molecule has 0 aromatic heterocycles. The molecule has 23 heavy (non-hydrogen) atoms. The van der Waals surface area contributed by atoms with E-state index in [0.29, 0.717) is 39.3 Å². The highest BCUT2D eigenvalue weighted by molar-refractivity contribution is 5.84. The molecule has 2 aliphatic heterocycles. The topological polar surface area (TPSA) is 67.9 Å². The Morgan fingerprint density at radius 3 is 2.70 bits per heavy atom. The molecule has 2 saturated heterocycles. The first-order valence-corrected chi connectivity index (χ1v) is 8.04. The van der Waals surface area contributed by atoms with Crippen molar-refractivity contribution in [3.8, 4) is 0 Å². The van der Waals surface area contributed by atoms with Crippen LogP contribution in [0, 0.1) is 5.92 Å². The van der Waals surface area contributed by atoms with Crippen molar-refractivity contribution in [1.82, 2.24) is 10.2 Å². The van der Waals surface area contributed by atoms with Gasteiger partial charge >= 0.3 is 5.97 Å². The van der Waals surface area contributed by atoms with Gasteiger partial charge < -0.3 is 19.7 Å². The van der Waals surface area contributed by atoms with E-state index in [1.807, 2.05) is 30.3 Å². The summed E-state index contributed by atoms with van der Waals surface area (Å²) >= 11 is 0. The van der Waals surface area contributed by atoms with Gasteiger partial charge in [0, 0.05) is 19.6 Å². The molecule has 0 saturated carbocycles. The van der Waals surface area contributed by atoms with Crippen LogP contribution in [-0.4, -0.2) is 55.7 Å². The molecule has 2 atom stereocenters. The van der Waals surface area contributed by atoms with Crippen LogP contribution in [0.15, 0.2) is 30.3 Å². The van der Waals surface area contributed by atoms with Gasteiger partial charge in [-0.2, -0.15) is 0 Å². The molecule has 3 rings (SSSR count). The van der Waals surface area contributed by atoms with Crippen LogP contribution in [0.4, 0.5) is 0 Å². The number of ether oxygens (including phenoxy) is 2. The summed E-state index contributed by atoms with van der Waals surface area (Å²) in [6.45, 7) is 3.19. The average molecular weight is 318 g/mol. The van der Waals surface area contributed by atoms with E-state index in [9.17, 15) is 9.59 Å². The minimum atomic E-state index is -0.289. The molecule has 2 heterocycles. The smallest absolute Gasteiger partial charge is 0.310 e. The van der Waals surface area contributed by atoms with Gasteiger partial charge in [-0.25, -0.2) is 0 Å². The van der Waals surface area contributed by atoms with E-state index in [4.69, 9.17) is 9.47 Å². The number of benzene rings is 1. The highest BCUT2D eigenvalue weighted by Gasteiger charge is 2.36. The van der Waals surface area contributed by atoms with Gasteiger partial charge in [0.1, 0.15) is 6.61 Å². The van der Waals surface area contributed by atoms with E-state index in [1.54, 1.807) is 4.90 Å². The number of rotatable bonds is 4. The Balaban J connectivity index is 1.46. The standard InChI is InChI=1S/C17H22N2O4/c20-16(19-6-8-22-9-7-19)15-10-14(11-18-15)17(21)23-12-13-4-2-1-3-5-13/h1-5,14-15,18H,6-12H2/t14-,15-/m0/s1. The van der Waals surface area contributed by atoms with Crippen molar-refractivity contribution in [2.75, 3.05) is 32.8 Å². The minimum absolute atomic E-state index is 0.0617. The van der Waals surface area contributed by atoms with Crippen LogP contribution >= 0.6 is 0 Å². The summed E-state index contributed by atoms with van der Waals surface area (Å²) in [4.78, 5) is 26.4. The lowest BCUT2D eigenvalue weighted by Gasteiger charge is -2.29. The molecule has 1 aromatic rings. The number of hydrogen-bond donors (Lipinski definition) is 1. The zero-order valence-electron chi connectivity index (χ0n) is 13.1. The largest absolute Gasteiger partial charge is 0.461 e. The summed E-state index contributed by atoms with van der Waals surface area (Å²) in [6, 6.07) is 9.31. The van der Waals surface area contributed by atoms with Gasteiger partial charge in [0.2, 0.25) is 5.91 Å². The first-order chi connectivity index (χ1) is 11.2. The van der Waals surface area contributed by atoms with Gasteiger partial charge in [-0.15, -0.1) is 0 Å². The first kappa shape index (κ1) is 16.0. The lowest BCUT2D eigenvalue weighted by molar-refractivity contribution is -0.149. The van der Waals surface area contributed by atoms with E-state index < -0.39 is 0 Å². The Labute approximate surface area is 135 Å². The highest BCUT2D eigenvalue weighted by atomic mass is 16.5. The van der Waals surface area contributed by atoms with Crippen LogP contribution in [0.25, 0.3) is 0 Å². The van der Waals surface area contributed by atoms with E-state index in [1.165, 1.54) is 0 Å². The van der Waals surface area contributed by atoms with Gasteiger partial charge in [-0.1, -0.05) is 30.3 Å². The highest BCUT2D eigenvalue weighted by Crippen LogP contribution is 2.18. The molecule has 0 radical (unpaired) electrons. The summed E-state index contributed by atoms with van der Waals surface area (Å²) in [5.41, 5.74) is 0.966. The van der Waals surface area contributed by atoms with Crippen LogP contribution in [0.5, 0.6) is 0 Å². The summed E-state index contributed by atoms with van der Waals surface area (Å²) in [5, 5.41) is 3.15. The average Bonchev–Trinajstić information content (AvgIpc) is 3.11. The third kappa shape index (κ3) is 4.09. The second kappa shape index (κ2) is 7.57. The Bertz CT molecular complexity index is 543. The number of nitrogens with zero attached hydrogens (tertiary/aromatic N) is 1. The Morgan fingerprint density at radius 1 is 1.22 bits per heavy atom. The van der Waals surface area contributed by atoms with E-state index >= 15 is 0 Å². The van der Waals surface area contributed by atoms with Crippen molar-refractivity contribution >= 4 is 11.9 Å². The third-order valence-electron chi connectivity index (χ3n) is 4.31. The molecule has 2 fully saturated rings. The zero-order chi connectivity index (χ0) is 16.1. The molecule has 6 heteroatoms. The molecule has 1 amide bonds. The van der Waals surface area contributed by atoms with Crippen LogP contribution in [0.1, 0.15) is 12.0 Å². The third-order valence-corrected chi connectivity index (χ3v) is 4.31. The molecular weight excluding hydrogens is 296 g/mol. The number of hydrogen-bond acceptors (Lipinski definition) is 5. The second-order valence-electron chi connectivity index (χ2n) is 5.92. The van der Waals surface area contributed by atoms with Crippen molar-refractivity contribution in [1.29, 1.82) is 0 Å². The van der Waals surface area contributed by atoms with Crippen LogP contribution in [0.3, 0.4) is 0 Å². The number of carbonyl (C=O) groups excluding carboxylic acids is 2. The molecule has 0 bridgehead atoms. The van der Waals surface area contributed by atoms with Crippen molar-refractivity contribution in [3.05, 3.63) is 35.9 Å². The Kier molecular flexibility index (Phi) is 5.25. The molecule has 1 aromatic carbocycles. The number of esters is 1. The van der Waals surface area contributed by atoms with Crippen molar-refractivity contribution in [3.63, 3.8) is 0 Å². The van der Waals surface area contributed by atoms with Gasteiger partial charge in [0.05, 0.1) is 25.2 Å². The molecular formula is C17H22N2O4. The zero-order valence-corrected chi connectivity index (χ0v) is 13.1. The van der Waals surface area contributed by atoms with Gasteiger partial charge in [0.25, 0.3) is 0 Å². The number of amides is 1. The Hall–Kier alpha value is -1.92. The van der Waals surface area contributed by atoms with Gasteiger partial charge in [-0.05, 0) is 12.0 Å². The lowest BCUT2D eigenvalue weighted by Crippen LogP contribution is -2.48. The molecule has 2 aliphatic rings.